The Morgan fingerprint density at radius 1 is 1.50 bits per heavy atom. The number of sulfonamides is 1. The molecule has 0 unspecified atom stereocenters. The number of nitrogens with one attached hydrogen (secondary N) is 2. The number of esters is 1. The van der Waals surface area contributed by atoms with Crippen LogP contribution in [0.25, 0.3) is 0 Å². The standard InChI is InChI=1S/C11H20N4O4S/c1-4-15(3)7-6-13-20(17,18)10-9(8-12-14-10)11(16)19-5-2/h8,13H,4-7H2,1-3H3,(H,12,14). The van der Waals surface area contributed by atoms with Crippen LogP contribution in [0, 0.1) is 0 Å². The Bertz CT molecular complexity index is 540. The van der Waals surface area contributed by atoms with E-state index >= 15 is 0 Å². The first kappa shape index (κ1) is 16.6. The number of carbonyl (C=O) groups excluding carboxylic acids is 1. The van der Waals surface area contributed by atoms with Crippen molar-refractivity contribution in [2.24, 2.45) is 0 Å². The van der Waals surface area contributed by atoms with Crippen molar-refractivity contribution in [2.75, 3.05) is 33.3 Å². The third-order valence-electron chi connectivity index (χ3n) is 2.69. The van der Waals surface area contributed by atoms with Crippen molar-refractivity contribution in [2.45, 2.75) is 18.9 Å². The second kappa shape index (κ2) is 7.36. The van der Waals surface area contributed by atoms with Crippen LogP contribution in [-0.4, -0.2) is 62.8 Å². The van der Waals surface area contributed by atoms with Crippen LogP contribution in [0.3, 0.4) is 0 Å². The second-order valence-electron chi connectivity index (χ2n) is 4.13. The van der Waals surface area contributed by atoms with E-state index in [1.165, 1.54) is 0 Å². The lowest BCUT2D eigenvalue weighted by molar-refractivity contribution is 0.0522. The molecule has 20 heavy (non-hydrogen) atoms. The molecule has 1 aromatic rings. The van der Waals surface area contributed by atoms with Gasteiger partial charge in [0.15, 0.2) is 5.03 Å². The summed E-state index contributed by atoms with van der Waals surface area (Å²) in [5.74, 6) is -0.715. The van der Waals surface area contributed by atoms with Gasteiger partial charge >= 0.3 is 5.97 Å². The summed E-state index contributed by atoms with van der Waals surface area (Å²) in [6, 6.07) is 0. The number of rotatable bonds is 8. The molecule has 2 N–H and O–H groups in total. The monoisotopic (exact) mass is 304 g/mol. The maximum absolute atomic E-state index is 12.1. The van der Waals surface area contributed by atoms with Crippen molar-refractivity contribution >= 4 is 16.0 Å². The molecule has 0 aliphatic rings. The summed E-state index contributed by atoms with van der Waals surface area (Å²) in [6.07, 6.45) is 1.14. The third-order valence-corrected chi connectivity index (χ3v) is 4.13. The van der Waals surface area contributed by atoms with Crippen LogP contribution in [0.1, 0.15) is 24.2 Å². The zero-order valence-electron chi connectivity index (χ0n) is 11.8. The highest BCUT2D eigenvalue weighted by Gasteiger charge is 2.25. The van der Waals surface area contributed by atoms with Gasteiger partial charge in [-0.2, -0.15) is 5.10 Å². The van der Waals surface area contributed by atoms with Gasteiger partial charge in [-0.3, -0.25) is 5.10 Å². The van der Waals surface area contributed by atoms with Gasteiger partial charge in [-0.25, -0.2) is 17.9 Å². The number of aromatic amines is 1. The van der Waals surface area contributed by atoms with Gasteiger partial charge in [0.2, 0.25) is 0 Å². The van der Waals surface area contributed by atoms with Gasteiger partial charge in [-0.1, -0.05) is 6.92 Å². The predicted octanol–water partition coefficient (Wildman–Crippen LogP) is -0.184. The van der Waals surface area contributed by atoms with Gasteiger partial charge in [0.25, 0.3) is 10.0 Å². The first-order chi connectivity index (χ1) is 9.42. The number of nitrogens with zero attached hydrogens (tertiary/aromatic N) is 2. The number of H-pyrrole nitrogens is 1. The lowest BCUT2D eigenvalue weighted by Gasteiger charge is -2.14. The lowest BCUT2D eigenvalue weighted by Crippen LogP contribution is -2.33. The van der Waals surface area contributed by atoms with E-state index in [1.807, 2.05) is 18.9 Å². The molecule has 0 aliphatic heterocycles. The molecule has 0 aliphatic carbocycles. The molecule has 0 saturated carbocycles. The largest absolute Gasteiger partial charge is 0.462 e. The maximum atomic E-state index is 12.1. The molecule has 1 heterocycles. The fourth-order valence-electron chi connectivity index (χ4n) is 1.43. The molecule has 0 spiro atoms. The van der Waals surface area contributed by atoms with E-state index in [1.54, 1.807) is 6.92 Å². The number of hydrogen-bond acceptors (Lipinski definition) is 6. The van der Waals surface area contributed by atoms with Crippen LogP contribution >= 0.6 is 0 Å². The van der Waals surface area contributed by atoms with Gasteiger partial charge in [-0.05, 0) is 20.5 Å². The van der Waals surface area contributed by atoms with Gasteiger partial charge in [0.1, 0.15) is 5.56 Å². The van der Waals surface area contributed by atoms with Gasteiger partial charge in [-0.15, -0.1) is 0 Å². The molecule has 9 heteroatoms. The maximum Gasteiger partial charge on any atom is 0.342 e. The topological polar surface area (TPSA) is 104 Å². The first-order valence-corrected chi connectivity index (χ1v) is 7.79. The van der Waals surface area contributed by atoms with Crippen molar-refractivity contribution < 1.29 is 17.9 Å². The Morgan fingerprint density at radius 2 is 2.20 bits per heavy atom. The SMILES string of the molecule is CCOC(=O)c1cn[nH]c1S(=O)(=O)NCCN(C)CC. The highest BCUT2D eigenvalue weighted by Crippen LogP contribution is 2.12. The van der Waals surface area contributed by atoms with Crippen LogP contribution in [-0.2, 0) is 14.8 Å². The van der Waals surface area contributed by atoms with Crippen molar-refractivity contribution in [1.29, 1.82) is 0 Å². The summed E-state index contributed by atoms with van der Waals surface area (Å²) in [4.78, 5) is 13.6. The molecular formula is C11H20N4O4S. The minimum absolute atomic E-state index is 0.0943. The van der Waals surface area contributed by atoms with Crippen molar-refractivity contribution in [3.8, 4) is 0 Å². The first-order valence-electron chi connectivity index (χ1n) is 6.31. The molecule has 1 aromatic heterocycles. The van der Waals surface area contributed by atoms with Crippen molar-refractivity contribution in [3.05, 3.63) is 11.8 Å². The minimum atomic E-state index is -3.81. The average molecular weight is 304 g/mol. The second-order valence-corrected chi connectivity index (χ2v) is 5.83. The fourth-order valence-corrected chi connectivity index (χ4v) is 2.54. The Balaban J connectivity index is 2.78. The fraction of sp³-hybridized carbons (Fsp3) is 0.636. The van der Waals surface area contributed by atoms with Crippen LogP contribution in [0.4, 0.5) is 0 Å². The molecule has 0 fully saturated rings. The Kier molecular flexibility index (Phi) is 6.11. The quantitative estimate of drug-likeness (QED) is 0.645. The summed E-state index contributed by atoms with van der Waals surface area (Å²) < 4.78 is 31.4. The van der Waals surface area contributed by atoms with Crippen LogP contribution in [0.15, 0.2) is 11.2 Å². The van der Waals surface area contributed by atoms with E-state index in [0.29, 0.717) is 6.54 Å². The third kappa shape index (κ3) is 4.29. The molecule has 0 bridgehead atoms. The van der Waals surface area contributed by atoms with Crippen LogP contribution in [0.5, 0.6) is 0 Å². The van der Waals surface area contributed by atoms with E-state index in [4.69, 9.17) is 4.74 Å². The highest BCUT2D eigenvalue weighted by molar-refractivity contribution is 7.89. The number of likely N-dealkylation sites (N-methyl/N-ethyl adjacent to an activating group) is 1. The molecule has 0 amide bonds. The smallest absolute Gasteiger partial charge is 0.342 e. The van der Waals surface area contributed by atoms with E-state index in [9.17, 15) is 13.2 Å². The number of hydrogen-bond donors (Lipinski definition) is 2. The van der Waals surface area contributed by atoms with Crippen molar-refractivity contribution in [3.63, 3.8) is 0 Å². The molecule has 8 nitrogen and oxygen atoms in total. The number of aromatic nitrogens is 2. The average Bonchev–Trinajstić information content (AvgIpc) is 2.88. The normalized spacial score (nSPS) is 11.8. The Hall–Kier alpha value is -1.45. The molecule has 0 radical (unpaired) electrons. The zero-order valence-corrected chi connectivity index (χ0v) is 12.7. The summed E-state index contributed by atoms with van der Waals surface area (Å²) in [5, 5.41) is 5.65. The minimum Gasteiger partial charge on any atom is -0.462 e. The molecule has 114 valence electrons. The predicted molar refractivity (Wildman–Crippen MR) is 72.9 cm³/mol. The van der Waals surface area contributed by atoms with Gasteiger partial charge < -0.3 is 9.64 Å². The van der Waals surface area contributed by atoms with E-state index in [2.05, 4.69) is 14.9 Å². The van der Waals surface area contributed by atoms with Crippen LogP contribution < -0.4 is 4.72 Å². The number of carbonyl (C=O) groups is 1. The zero-order chi connectivity index (χ0) is 15.2. The molecule has 0 saturated heterocycles. The Morgan fingerprint density at radius 3 is 2.80 bits per heavy atom. The molecule has 1 rings (SSSR count). The van der Waals surface area contributed by atoms with Crippen LogP contribution in [0.2, 0.25) is 0 Å². The van der Waals surface area contributed by atoms with E-state index < -0.39 is 16.0 Å². The van der Waals surface area contributed by atoms with Gasteiger partial charge in [0.05, 0.1) is 12.8 Å². The number of ether oxygens (including phenoxy) is 1. The summed E-state index contributed by atoms with van der Waals surface area (Å²) in [6.45, 7) is 5.41. The summed E-state index contributed by atoms with van der Waals surface area (Å²) in [5.41, 5.74) is -0.0943. The Labute approximate surface area is 118 Å². The summed E-state index contributed by atoms with van der Waals surface area (Å²) in [7, 11) is -1.93. The van der Waals surface area contributed by atoms with E-state index in [0.717, 1.165) is 12.7 Å². The summed E-state index contributed by atoms with van der Waals surface area (Å²) >= 11 is 0. The van der Waals surface area contributed by atoms with Crippen molar-refractivity contribution in [1.82, 2.24) is 19.8 Å². The van der Waals surface area contributed by atoms with Gasteiger partial charge in [0, 0.05) is 13.1 Å². The van der Waals surface area contributed by atoms with E-state index in [-0.39, 0.29) is 23.7 Å². The molecular weight excluding hydrogens is 284 g/mol. The highest BCUT2D eigenvalue weighted by atomic mass is 32.2. The molecule has 0 atom stereocenters. The lowest BCUT2D eigenvalue weighted by atomic mass is 10.4. The molecule has 0 aromatic carbocycles.